The van der Waals surface area contributed by atoms with E-state index in [-0.39, 0.29) is 12.1 Å². The third-order valence-electron chi connectivity index (χ3n) is 2.88. The number of non-ortho nitro benzene ring substituents is 1. The van der Waals surface area contributed by atoms with Crippen molar-refractivity contribution in [1.29, 1.82) is 0 Å². The molecule has 8 nitrogen and oxygen atoms in total. The van der Waals surface area contributed by atoms with Gasteiger partial charge >= 0.3 is 5.97 Å². The van der Waals surface area contributed by atoms with Crippen LogP contribution in [-0.4, -0.2) is 30.6 Å². The Hall–Kier alpha value is -2.81. The van der Waals surface area contributed by atoms with Gasteiger partial charge in [-0.1, -0.05) is 12.1 Å². The molecule has 0 aliphatic rings. The van der Waals surface area contributed by atoms with Crippen molar-refractivity contribution in [3.05, 3.63) is 45.6 Å². The quantitative estimate of drug-likeness (QED) is 0.583. The molecule has 0 aliphatic heterocycles. The van der Waals surface area contributed by atoms with Crippen LogP contribution in [0.5, 0.6) is 0 Å². The van der Waals surface area contributed by atoms with Gasteiger partial charge in [-0.25, -0.2) is 0 Å². The number of rotatable bonds is 4. The highest BCUT2D eigenvalue weighted by Gasteiger charge is 2.17. The summed E-state index contributed by atoms with van der Waals surface area (Å²) in [6, 6.07) is 6.14. The topological polar surface area (TPSA) is 111 Å². The Morgan fingerprint density at radius 3 is 2.95 bits per heavy atom. The molecule has 0 saturated heterocycles. The van der Waals surface area contributed by atoms with Crippen molar-refractivity contribution in [3.63, 3.8) is 0 Å². The summed E-state index contributed by atoms with van der Waals surface area (Å²) >= 11 is 1.30. The molecule has 3 aromatic rings. The minimum Gasteiger partial charge on any atom is -0.481 e. The summed E-state index contributed by atoms with van der Waals surface area (Å²) in [7, 11) is 0. The monoisotopic (exact) mass is 304 g/mol. The van der Waals surface area contributed by atoms with Crippen LogP contribution in [-0.2, 0) is 11.2 Å². The van der Waals surface area contributed by atoms with Gasteiger partial charge in [-0.3, -0.25) is 19.3 Å². The van der Waals surface area contributed by atoms with Gasteiger partial charge in [-0.15, -0.1) is 21.5 Å². The maximum atomic E-state index is 10.9. The number of carbonyl (C=O) groups is 1. The van der Waals surface area contributed by atoms with Crippen LogP contribution in [0.2, 0.25) is 0 Å². The van der Waals surface area contributed by atoms with E-state index in [9.17, 15) is 14.9 Å². The second-order valence-electron chi connectivity index (χ2n) is 4.23. The number of hydrogen-bond donors (Lipinski definition) is 1. The lowest BCUT2D eigenvalue weighted by Gasteiger charge is -2.02. The first kappa shape index (κ1) is 13.2. The normalized spacial score (nSPS) is 10.9. The molecule has 0 aliphatic carbocycles. The summed E-state index contributed by atoms with van der Waals surface area (Å²) in [6.07, 6.45) is -0.264. The zero-order valence-corrected chi connectivity index (χ0v) is 11.3. The molecule has 21 heavy (non-hydrogen) atoms. The van der Waals surface area contributed by atoms with Crippen molar-refractivity contribution < 1.29 is 14.8 Å². The van der Waals surface area contributed by atoms with Crippen molar-refractivity contribution in [1.82, 2.24) is 14.6 Å². The lowest BCUT2D eigenvalue weighted by Crippen LogP contribution is -2.05. The second-order valence-corrected chi connectivity index (χ2v) is 5.07. The predicted octanol–water partition coefficient (Wildman–Crippen LogP) is 1.99. The second kappa shape index (κ2) is 4.94. The van der Waals surface area contributed by atoms with Crippen LogP contribution in [0.3, 0.4) is 0 Å². The number of carboxylic acid groups (broad SMARTS) is 1. The number of nitrogens with zero attached hydrogens (tertiary/aromatic N) is 4. The minimum atomic E-state index is -1.01. The smallest absolute Gasteiger partial charge is 0.311 e. The van der Waals surface area contributed by atoms with E-state index in [4.69, 9.17) is 5.11 Å². The Morgan fingerprint density at radius 2 is 2.24 bits per heavy atom. The Morgan fingerprint density at radius 1 is 1.43 bits per heavy atom. The average molecular weight is 304 g/mol. The van der Waals surface area contributed by atoms with Crippen molar-refractivity contribution in [2.75, 3.05) is 0 Å². The molecule has 0 unspecified atom stereocenters. The fraction of sp³-hybridized carbons (Fsp3) is 0.0833. The molecule has 0 spiro atoms. The first-order chi connectivity index (χ1) is 10.1. The van der Waals surface area contributed by atoms with Crippen LogP contribution < -0.4 is 0 Å². The van der Waals surface area contributed by atoms with Gasteiger partial charge in [0.2, 0.25) is 4.96 Å². The Labute approximate surface area is 121 Å². The molecule has 2 heterocycles. The van der Waals surface area contributed by atoms with Gasteiger partial charge in [-0.2, -0.15) is 0 Å². The zero-order valence-electron chi connectivity index (χ0n) is 10.5. The Balaban J connectivity index is 2.16. The molecule has 2 aromatic heterocycles. The number of nitro benzene ring substituents is 1. The van der Waals surface area contributed by atoms with E-state index in [1.165, 1.54) is 23.5 Å². The van der Waals surface area contributed by atoms with Gasteiger partial charge in [-0.05, 0) is 0 Å². The SMILES string of the molecule is O=C(O)Cc1nnc2scc(-c3cccc([N+](=O)[O-])c3)n12. The van der Waals surface area contributed by atoms with E-state index in [0.717, 1.165) is 0 Å². The number of fused-ring (bicyclic) bond motifs is 1. The third-order valence-corrected chi connectivity index (χ3v) is 3.70. The maximum Gasteiger partial charge on any atom is 0.311 e. The largest absolute Gasteiger partial charge is 0.481 e. The molecule has 1 N–H and O–H groups in total. The van der Waals surface area contributed by atoms with Crippen LogP contribution >= 0.6 is 11.3 Å². The molecular formula is C12H8N4O4S. The first-order valence-corrected chi connectivity index (χ1v) is 6.72. The molecule has 3 rings (SSSR count). The average Bonchev–Trinajstić information content (AvgIpc) is 3.01. The fourth-order valence-electron chi connectivity index (χ4n) is 2.01. The van der Waals surface area contributed by atoms with E-state index in [1.807, 2.05) is 0 Å². The summed E-state index contributed by atoms with van der Waals surface area (Å²) < 4.78 is 1.61. The molecule has 0 bridgehead atoms. The summed E-state index contributed by atoms with van der Waals surface area (Å²) in [5.41, 5.74) is 1.22. The van der Waals surface area contributed by atoms with Gasteiger partial charge in [0, 0.05) is 23.1 Å². The van der Waals surface area contributed by atoms with E-state index >= 15 is 0 Å². The van der Waals surface area contributed by atoms with Crippen LogP contribution in [0.15, 0.2) is 29.6 Å². The summed E-state index contributed by atoms with van der Waals surface area (Å²) in [5, 5.41) is 29.3. The molecule has 0 saturated carbocycles. The van der Waals surface area contributed by atoms with E-state index in [0.29, 0.717) is 22.0 Å². The first-order valence-electron chi connectivity index (χ1n) is 5.84. The summed E-state index contributed by atoms with van der Waals surface area (Å²) in [5.74, 6) is -0.722. The molecule has 0 radical (unpaired) electrons. The number of thiazole rings is 1. The van der Waals surface area contributed by atoms with Crippen LogP contribution in [0.4, 0.5) is 5.69 Å². The molecule has 0 fully saturated rings. The van der Waals surface area contributed by atoms with Gasteiger partial charge in [0.1, 0.15) is 12.2 Å². The van der Waals surface area contributed by atoms with Crippen molar-refractivity contribution >= 4 is 28.0 Å². The Kier molecular flexibility index (Phi) is 3.10. The van der Waals surface area contributed by atoms with Gasteiger partial charge < -0.3 is 5.11 Å². The minimum absolute atomic E-state index is 0.0280. The van der Waals surface area contributed by atoms with Gasteiger partial charge in [0.05, 0.1) is 10.6 Å². The number of aromatic nitrogens is 3. The highest BCUT2D eigenvalue weighted by Crippen LogP contribution is 2.28. The fourth-order valence-corrected chi connectivity index (χ4v) is 2.86. The number of benzene rings is 1. The van der Waals surface area contributed by atoms with E-state index < -0.39 is 10.9 Å². The lowest BCUT2D eigenvalue weighted by atomic mass is 10.1. The molecule has 0 amide bonds. The predicted molar refractivity (Wildman–Crippen MR) is 74.3 cm³/mol. The summed E-state index contributed by atoms with van der Waals surface area (Å²) in [6.45, 7) is 0. The number of nitro groups is 1. The van der Waals surface area contributed by atoms with E-state index in [2.05, 4.69) is 10.2 Å². The maximum absolute atomic E-state index is 10.9. The van der Waals surface area contributed by atoms with Gasteiger partial charge in [0.25, 0.3) is 5.69 Å². The summed E-state index contributed by atoms with van der Waals surface area (Å²) in [4.78, 5) is 21.8. The highest BCUT2D eigenvalue weighted by molar-refractivity contribution is 7.15. The molecule has 9 heteroatoms. The molecule has 106 valence electrons. The van der Waals surface area contributed by atoms with Gasteiger partial charge in [0.15, 0.2) is 0 Å². The van der Waals surface area contributed by atoms with Crippen molar-refractivity contribution in [2.45, 2.75) is 6.42 Å². The number of aliphatic carboxylic acids is 1. The molecular weight excluding hydrogens is 296 g/mol. The van der Waals surface area contributed by atoms with Crippen LogP contribution in [0.1, 0.15) is 5.82 Å². The van der Waals surface area contributed by atoms with Crippen molar-refractivity contribution in [3.8, 4) is 11.3 Å². The standard InChI is InChI=1S/C12H8N4O4S/c17-11(18)5-10-13-14-12-15(10)9(6-21-12)7-2-1-3-8(4-7)16(19)20/h1-4,6H,5H2,(H,17,18). The number of hydrogen-bond acceptors (Lipinski definition) is 6. The third kappa shape index (κ3) is 2.34. The molecule has 1 aromatic carbocycles. The Bertz CT molecular complexity index is 854. The van der Waals surface area contributed by atoms with E-state index in [1.54, 1.807) is 21.9 Å². The lowest BCUT2D eigenvalue weighted by molar-refractivity contribution is -0.384. The molecule has 0 atom stereocenters. The van der Waals surface area contributed by atoms with Crippen LogP contribution in [0, 0.1) is 10.1 Å². The van der Waals surface area contributed by atoms with Crippen LogP contribution in [0.25, 0.3) is 16.2 Å². The van der Waals surface area contributed by atoms with Crippen molar-refractivity contribution in [2.24, 2.45) is 0 Å². The number of carboxylic acids is 1. The highest BCUT2D eigenvalue weighted by atomic mass is 32.1. The zero-order chi connectivity index (χ0) is 15.0.